The molecule has 4 aromatic heterocycles. The van der Waals surface area contributed by atoms with E-state index in [9.17, 15) is 4.79 Å². The van der Waals surface area contributed by atoms with Gasteiger partial charge in [-0.25, -0.2) is 9.97 Å². The summed E-state index contributed by atoms with van der Waals surface area (Å²) in [6.45, 7) is 4.28. The van der Waals surface area contributed by atoms with Crippen LogP contribution in [0.25, 0.3) is 22.5 Å². The number of fused-ring (bicyclic) bond motifs is 1. The summed E-state index contributed by atoms with van der Waals surface area (Å²) < 4.78 is 8.04. The number of carbonyl (C=O) groups is 1. The van der Waals surface area contributed by atoms with Crippen molar-refractivity contribution < 1.29 is 9.21 Å². The largest absolute Gasteiger partial charge is 0.463 e. The lowest BCUT2D eigenvalue weighted by Crippen LogP contribution is -2.31. The molecule has 0 N–H and O–H groups in total. The topological polar surface area (TPSA) is 77.0 Å². The van der Waals surface area contributed by atoms with Gasteiger partial charge in [0.1, 0.15) is 11.5 Å². The van der Waals surface area contributed by atoms with Crippen molar-refractivity contribution in [2.75, 3.05) is 11.4 Å². The van der Waals surface area contributed by atoms with Gasteiger partial charge in [0.2, 0.25) is 0 Å². The molecule has 0 aromatic carbocycles. The molecule has 0 saturated heterocycles. The van der Waals surface area contributed by atoms with E-state index >= 15 is 0 Å². The smallest absolute Gasteiger partial charge is 0.260 e. The molecule has 4 aromatic rings. The summed E-state index contributed by atoms with van der Waals surface area (Å²) in [4.78, 5) is 24.2. The van der Waals surface area contributed by atoms with Crippen LogP contribution in [0.1, 0.15) is 23.0 Å². The third kappa shape index (κ3) is 3.09. The third-order valence-corrected chi connectivity index (χ3v) is 4.99. The zero-order chi connectivity index (χ0) is 19.8. The lowest BCUT2D eigenvalue weighted by atomic mass is 10.1. The number of aromatic nitrogens is 4. The van der Waals surface area contributed by atoms with E-state index < -0.39 is 0 Å². The van der Waals surface area contributed by atoms with Gasteiger partial charge in [0, 0.05) is 24.3 Å². The van der Waals surface area contributed by atoms with Crippen molar-refractivity contribution >= 4 is 38.7 Å². The van der Waals surface area contributed by atoms with Crippen LogP contribution in [0.15, 0.2) is 51.7 Å². The molecule has 0 bridgehead atoms. The maximum absolute atomic E-state index is 13.5. The van der Waals surface area contributed by atoms with E-state index in [1.54, 1.807) is 34.2 Å². The maximum Gasteiger partial charge on any atom is 0.260 e. The van der Waals surface area contributed by atoms with Crippen LogP contribution in [0, 0.1) is 6.92 Å². The zero-order valence-electron chi connectivity index (χ0n) is 15.7. The van der Waals surface area contributed by atoms with Crippen molar-refractivity contribution in [2.24, 2.45) is 7.05 Å². The molecule has 1 amide bonds. The van der Waals surface area contributed by atoms with Crippen molar-refractivity contribution in [3.63, 3.8) is 0 Å². The summed E-state index contributed by atoms with van der Waals surface area (Å²) in [5.41, 5.74) is 2.49. The molecule has 4 rings (SSSR count). The van der Waals surface area contributed by atoms with Crippen LogP contribution in [0.3, 0.4) is 0 Å². The number of halogens is 1. The number of hydrogen-bond acceptors (Lipinski definition) is 5. The lowest BCUT2D eigenvalue weighted by Gasteiger charge is -2.20. The van der Waals surface area contributed by atoms with Gasteiger partial charge in [-0.1, -0.05) is 0 Å². The molecule has 0 atom stereocenters. The quantitative estimate of drug-likeness (QED) is 0.471. The summed E-state index contributed by atoms with van der Waals surface area (Å²) in [7, 11) is 1.82. The minimum atomic E-state index is -0.159. The second kappa shape index (κ2) is 7.20. The second-order valence-electron chi connectivity index (χ2n) is 6.32. The number of nitrogens with zero attached hydrogens (tertiary/aromatic N) is 5. The Bertz CT molecular complexity index is 1150. The Balaban J connectivity index is 1.90. The molecule has 4 heterocycles. The van der Waals surface area contributed by atoms with Crippen LogP contribution in [-0.2, 0) is 7.05 Å². The van der Waals surface area contributed by atoms with E-state index in [2.05, 4.69) is 31.0 Å². The number of carbonyl (C=O) groups excluding carboxylic acids is 1. The molecule has 0 aliphatic rings. The number of pyridine rings is 2. The zero-order valence-corrected chi connectivity index (χ0v) is 17.3. The molecular formula is C20H18BrN5O2. The van der Waals surface area contributed by atoms with Gasteiger partial charge in [0.15, 0.2) is 11.4 Å². The molecule has 0 fully saturated rings. The number of anilines is 1. The average Bonchev–Trinajstić information content (AvgIpc) is 3.32. The standard InChI is InChI=1S/C20H18BrN5O2/c1-4-26(17-8-7-13(21)11-22-17)20(27)14-10-15(16-6-5-9-28-16)23-19-18(14)12(2)24-25(19)3/h5-11H,4H2,1-3H3. The van der Waals surface area contributed by atoms with E-state index in [0.29, 0.717) is 35.0 Å². The van der Waals surface area contributed by atoms with Crippen LogP contribution in [0.4, 0.5) is 5.82 Å². The number of amides is 1. The van der Waals surface area contributed by atoms with Gasteiger partial charge in [-0.05, 0) is 60.1 Å². The molecule has 0 aliphatic carbocycles. The Morgan fingerprint density at radius 3 is 2.79 bits per heavy atom. The number of hydrogen-bond donors (Lipinski definition) is 0. The summed E-state index contributed by atoms with van der Waals surface area (Å²) in [5, 5.41) is 5.19. The number of furan rings is 1. The van der Waals surface area contributed by atoms with Crippen LogP contribution < -0.4 is 4.90 Å². The van der Waals surface area contributed by atoms with Crippen molar-refractivity contribution in [1.82, 2.24) is 19.7 Å². The van der Waals surface area contributed by atoms with E-state index in [1.807, 2.05) is 39.1 Å². The molecule has 28 heavy (non-hydrogen) atoms. The Labute approximate surface area is 170 Å². The van der Waals surface area contributed by atoms with E-state index in [1.165, 1.54) is 0 Å². The molecule has 142 valence electrons. The highest BCUT2D eigenvalue weighted by molar-refractivity contribution is 9.10. The molecule has 0 saturated carbocycles. The molecule has 0 aliphatic heterocycles. The van der Waals surface area contributed by atoms with Crippen molar-refractivity contribution in [3.8, 4) is 11.5 Å². The highest BCUT2D eigenvalue weighted by Gasteiger charge is 2.24. The van der Waals surface area contributed by atoms with Crippen LogP contribution in [-0.4, -0.2) is 32.2 Å². The van der Waals surface area contributed by atoms with Crippen molar-refractivity contribution in [3.05, 3.63) is 58.5 Å². The van der Waals surface area contributed by atoms with E-state index in [-0.39, 0.29) is 5.91 Å². The normalized spacial score (nSPS) is 11.1. The van der Waals surface area contributed by atoms with Crippen LogP contribution in [0.5, 0.6) is 0 Å². The molecule has 7 nitrogen and oxygen atoms in total. The first kappa shape index (κ1) is 18.4. The second-order valence-corrected chi connectivity index (χ2v) is 7.24. The predicted molar refractivity (Wildman–Crippen MR) is 110 cm³/mol. The van der Waals surface area contributed by atoms with Gasteiger partial charge in [-0.3, -0.25) is 14.4 Å². The summed E-state index contributed by atoms with van der Waals surface area (Å²) in [6.07, 6.45) is 3.26. The molecule has 0 radical (unpaired) electrons. The highest BCUT2D eigenvalue weighted by atomic mass is 79.9. The summed E-state index contributed by atoms with van der Waals surface area (Å²) >= 11 is 3.38. The third-order valence-electron chi connectivity index (χ3n) is 4.52. The highest BCUT2D eigenvalue weighted by Crippen LogP contribution is 2.29. The Morgan fingerprint density at radius 1 is 1.32 bits per heavy atom. The Morgan fingerprint density at radius 2 is 2.14 bits per heavy atom. The predicted octanol–water partition coefficient (Wildman–Crippen LogP) is 4.36. The minimum Gasteiger partial charge on any atom is -0.463 e. The van der Waals surface area contributed by atoms with Gasteiger partial charge in [0.05, 0.1) is 22.9 Å². The SMILES string of the molecule is CCN(C(=O)c1cc(-c2ccco2)nc2c1c(C)nn2C)c1ccc(Br)cn1. The first-order valence-corrected chi connectivity index (χ1v) is 9.60. The average molecular weight is 440 g/mol. The van der Waals surface area contributed by atoms with Gasteiger partial charge in [-0.2, -0.15) is 5.10 Å². The fourth-order valence-corrected chi connectivity index (χ4v) is 3.48. The first-order chi connectivity index (χ1) is 13.5. The molecule has 0 spiro atoms. The van der Waals surface area contributed by atoms with Gasteiger partial charge in [0.25, 0.3) is 5.91 Å². The minimum absolute atomic E-state index is 0.159. The van der Waals surface area contributed by atoms with Gasteiger partial charge < -0.3 is 4.42 Å². The fourth-order valence-electron chi connectivity index (χ4n) is 3.25. The fraction of sp³-hybridized carbons (Fsp3) is 0.200. The van der Waals surface area contributed by atoms with E-state index in [0.717, 1.165) is 15.6 Å². The van der Waals surface area contributed by atoms with Crippen LogP contribution >= 0.6 is 15.9 Å². The number of rotatable bonds is 4. The molecule has 8 heteroatoms. The Kier molecular flexibility index (Phi) is 4.72. The number of aryl methyl sites for hydroxylation is 2. The maximum atomic E-state index is 13.5. The summed E-state index contributed by atoms with van der Waals surface area (Å²) in [6, 6.07) is 9.05. The van der Waals surface area contributed by atoms with Crippen molar-refractivity contribution in [2.45, 2.75) is 13.8 Å². The first-order valence-electron chi connectivity index (χ1n) is 8.81. The summed E-state index contributed by atoms with van der Waals surface area (Å²) in [5.74, 6) is 1.02. The molecule has 0 unspecified atom stereocenters. The lowest BCUT2D eigenvalue weighted by molar-refractivity contribution is 0.0989. The molecular weight excluding hydrogens is 422 g/mol. The Hall–Kier alpha value is -3.00. The monoisotopic (exact) mass is 439 g/mol. The van der Waals surface area contributed by atoms with Crippen LogP contribution in [0.2, 0.25) is 0 Å². The van der Waals surface area contributed by atoms with E-state index in [4.69, 9.17) is 4.42 Å². The van der Waals surface area contributed by atoms with Gasteiger partial charge >= 0.3 is 0 Å². The van der Waals surface area contributed by atoms with Crippen molar-refractivity contribution in [1.29, 1.82) is 0 Å². The van der Waals surface area contributed by atoms with Gasteiger partial charge in [-0.15, -0.1) is 0 Å².